The number of thiophene rings is 1. The van der Waals surface area contributed by atoms with Crippen LogP contribution in [0.4, 0.5) is 4.39 Å². The second-order valence-corrected chi connectivity index (χ2v) is 9.56. The molecule has 2 amide bonds. The molecule has 4 rings (SSSR count). The van der Waals surface area contributed by atoms with Crippen molar-refractivity contribution in [3.05, 3.63) is 86.9 Å². The van der Waals surface area contributed by atoms with Crippen LogP contribution >= 0.6 is 11.3 Å². The highest BCUT2D eigenvalue weighted by Crippen LogP contribution is 2.34. The van der Waals surface area contributed by atoms with Gasteiger partial charge in [0.2, 0.25) is 5.91 Å². The number of amides is 2. The van der Waals surface area contributed by atoms with E-state index in [0.29, 0.717) is 19.7 Å². The Kier molecular flexibility index (Phi) is 7.32. The van der Waals surface area contributed by atoms with Crippen LogP contribution in [-0.2, 0) is 11.2 Å². The van der Waals surface area contributed by atoms with Gasteiger partial charge in [0.1, 0.15) is 24.7 Å². The molecule has 2 aromatic carbocycles. The van der Waals surface area contributed by atoms with Gasteiger partial charge in [0.05, 0.1) is 6.04 Å². The van der Waals surface area contributed by atoms with Gasteiger partial charge in [-0.2, -0.15) is 0 Å². The number of halogens is 1. The quantitative estimate of drug-likeness (QED) is 0.469. The van der Waals surface area contributed by atoms with Crippen molar-refractivity contribution in [2.45, 2.75) is 33.2 Å². The Balaban J connectivity index is 1.52. The molecular formula is C27H29FN2O3S. The van der Waals surface area contributed by atoms with Crippen molar-refractivity contribution in [1.29, 1.82) is 0 Å². The van der Waals surface area contributed by atoms with Crippen LogP contribution < -0.4 is 4.74 Å². The number of aryl methyl sites for hydroxylation is 2. The van der Waals surface area contributed by atoms with Gasteiger partial charge >= 0.3 is 0 Å². The van der Waals surface area contributed by atoms with E-state index in [1.807, 2.05) is 37.8 Å². The summed E-state index contributed by atoms with van der Waals surface area (Å²) in [6.45, 7) is 7.06. The molecule has 1 atom stereocenters. The number of hydrogen-bond donors (Lipinski definition) is 0. The van der Waals surface area contributed by atoms with E-state index < -0.39 is 5.82 Å². The van der Waals surface area contributed by atoms with Gasteiger partial charge in [0, 0.05) is 23.5 Å². The maximum Gasteiger partial charge on any atom is 0.254 e. The van der Waals surface area contributed by atoms with Crippen LogP contribution in [0.3, 0.4) is 0 Å². The van der Waals surface area contributed by atoms with E-state index >= 15 is 0 Å². The minimum atomic E-state index is -0.474. The van der Waals surface area contributed by atoms with Crippen LogP contribution in [0.25, 0.3) is 0 Å². The van der Waals surface area contributed by atoms with Gasteiger partial charge in [-0.05, 0) is 74.0 Å². The molecule has 0 unspecified atom stereocenters. The minimum Gasteiger partial charge on any atom is -0.491 e. The fourth-order valence-corrected chi connectivity index (χ4v) is 5.32. The molecule has 1 aliphatic rings. The summed E-state index contributed by atoms with van der Waals surface area (Å²) >= 11 is 1.70. The molecule has 178 valence electrons. The summed E-state index contributed by atoms with van der Waals surface area (Å²) in [7, 11) is 0. The number of carbonyl (C=O) groups is 2. The highest BCUT2D eigenvalue weighted by Gasteiger charge is 2.33. The molecule has 0 aliphatic carbocycles. The first-order valence-corrected chi connectivity index (χ1v) is 12.4. The molecule has 0 saturated carbocycles. The molecule has 1 aliphatic heterocycles. The Morgan fingerprint density at radius 1 is 1.18 bits per heavy atom. The molecule has 1 aromatic heterocycles. The number of likely N-dealkylation sites (N-methyl/N-ethyl adjacent to an activating group) is 1. The summed E-state index contributed by atoms with van der Waals surface area (Å²) in [6.07, 6.45) is 0.781. The molecule has 3 aromatic rings. The Hall–Kier alpha value is -3.19. The van der Waals surface area contributed by atoms with Gasteiger partial charge < -0.3 is 14.5 Å². The zero-order valence-electron chi connectivity index (χ0n) is 19.7. The summed E-state index contributed by atoms with van der Waals surface area (Å²) in [5.74, 6) is -0.168. The molecule has 5 nitrogen and oxygen atoms in total. The first-order chi connectivity index (χ1) is 16.4. The molecule has 7 heteroatoms. The normalized spacial score (nSPS) is 15.1. The van der Waals surface area contributed by atoms with E-state index in [2.05, 4.69) is 17.5 Å². The van der Waals surface area contributed by atoms with E-state index in [9.17, 15) is 14.0 Å². The lowest BCUT2D eigenvalue weighted by Gasteiger charge is -2.37. The van der Waals surface area contributed by atoms with E-state index in [-0.39, 0.29) is 30.0 Å². The van der Waals surface area contributed by atoms with E-state index in [4.69, 9.17) is 4.74 Å². The Morgan fingerprint density at radius 2 is 2.00 bits per heavy atom. The van der Waals surface area contributed by atoms with Crippen LogP contribution in [0.5, 0.6) is 5.75 Å². The largest absolute Gasteiger partial charge is 0.491 e. The van der Waals surface area contributed by atoms with Crippen LogP contribution in [0, 0.1) is 19.7 Å². The van der Waals surface area contributed by atoms with Crippen molar-refractivity contribution in [3.8, 4) is 5.75 Å². The van der Waals surface area contributed by atoms with Crippen LogP contribution in [-0.4, -0.2) is 47.9 Å². The Morgan fingerprint density at radius 3 is 2.74 bits per heavy atom. The zero-order valence-corrected chi connectivity index (χ0v) is 20.5. The lowest BCUT2D eigenvalue weighted by Crippen LogP contribution is -2.47. The van der Waals surface area contributed by atoms with Crippen molar-refractivity contribution >= 4 is 23.2 Å². The van der Waals surface area contributed by atoms with Crippen molar-refractivity contribution in [3.63, 3.8) is 0 Å². The molecule has 0 radical (unpaired) electrons. The average molecular weight is 481 g/mol. The first-order valence-electron chi connectivity index (χ1n) is 11.5. The van der Waals surface area contributed by atoms with Crippen molar-refractivity contribution in [1.82, 2.24) is 9.80 Å². The van der Waals surface area contributed by atoms with Gasteiger partial charge in [-0.15, -0.1) is 11.3 Å². The third kappa shape index (κ3) is 5.14. The molecule has 34 heavy (non-hydrogen) atoms. The van der Waals surface area contributed by atoms with Gasteiger partial charge in [-0.25, -0.2) is 4.39 Å². The molecule has 0 bridgehead atoms. The van der Waals surface area contributed by atoms with Gasteiger partial charge in [0.15, 0.2) is 0 Å². The molecule has 0 N–H and O–H groups in total. The summed E-state index contributed by atoms with van der Waals surface area (Å²) in [5, 5.41) is 2.05. The monoisotopic (exact) mass is 480 g/mol. The smallest absolute Gasteiger partial charge is 0.254 e. The molecular weight excluding hydrogens is 451 g/mol. The van der Waals surface area contributed by atoms with Gasteiger partial charge in [-0.1, -0.05) is 23.8 Å². The Bertz CT molecular complexity index is 1190. The number of carbonyl (C=O) groups excluding carboxylic acids is 2. The fourth-order valence-electron chi connectivity index (χ4n) is 4.39. The number of ether oxygens (including phenoxy) is 1. The predicted octanol–water partition coefficient (Wildman–Crippen LogP) is 5.17. The Labute approximate surface area is 203 Å². The summed E-state index contributed by atoms with van der Waals surface area (Å²) in [5.41, 5.74) is 3.57. The second-order valence-electron chi connectivity index (χ2n) is 8.56. The lowest BCUT2D eigenvalue weighted by atomic mass is 10.00. The number of nitrogens with zero attached hydrogens (tertiary/aromatic N) is 2. The third-order valence-corrected chi connectivity index (χ3v) is 7.21. The first kappa shape index (κ1) is 24.0. The SMILES string of the molecule is CCN(CC(=O)N1CCc2sccc2[C@@H]1COc1ccc(C)cc1C)C(=O)c1cccc(F)c1. The minimum absolute atomic E-state index is 0.0641. The highest BCUT2D eigenvalue weighted by atomic mass is 32.1. The van der Waals surface area contributed by atoms with Gasteiger partial charge in [0.25, 0.3) is 5.91 Å². The van der Waals surface area contributed by atoms with Crippen molar-refractivity contribution in [2.75, 3.05) is 26.2 Å². The highest BCUT2D eigenvalue weighted by molar-refractivity contribution is 7.10. The van der Waals surface area contributed by atoms with E-state index in [1.165, 1.54) is 33.5 Å². The number of hydrogen-bond acceptors (Lipinski definition) is 4. The fraction of sp³-hybridized carbons (Fsp3) is 0.333. The van der Waals surface area contributed by atoms with Crippen molar-refractivity contribution < 1.29 is 18.7 Å². The third-order valence-electron chi connectivity index (χ3n) is 6.21. The molecule has 0 saturated heterocycles. The van der Waals surface area contributed by atoms with Gasteiger partial charge in [-0.3, -0.25) is 9.59 Å². The molecule has 2 heterocycles. The number of fused-ring (bicyclic) bond motifs is 1. The maximum absolute atomic E-state index is 13.6. The number of rotatable bonds is 7. The zero-order chi connectivity index (χ0) is 24.2. The number of benzene rings is 2. The topological polar surface area (TPSA) is 49.9 Å². The predicted molar refractivity (Wildman–Crippen MR) is 132 cm³/mol. The molecule has 0 spiro atoms. The van der Waals surface area contributed by atoms with Crippen LogP contribution in [0.1, 0.15) is 44.9 Å². The summed E-state index contributed by atoms with van der Waals surface area (Å²) in [4.78, 5) is 30.9. The lowest BCUT2D eigenvalue weighted by molar-refractivity contribution is -0.135. The van der Waals surface area contributed by atoms with Crippen molar-refractivity contribution in [2.24, 2.45) is 0 Å². The summed E-state index contributed by atoms with van der Waals surface area (Å²) in [6, 6.07) is 13.4. The standard InChI is InChI=1S/C27H29FN2O3S/c1-4-29(27(32)20-6-5-7-21(28)15-20)16-26(31)30-12-10-25-22(11-13-34-25)23(30)17-33-24-9-8-18(2)14-19(24)3/h5-9,11,13-15,23H,4,10,12,16-17H2,1-3H3/t23-/m0/s1. The van der Waals surface area contributed by atoms with Crippen LogP contribution in [0.15, 0.2) is 53.9 Å². The maximum atomic E-state index is 13.6. The van der Waals surface area contributed by atoms with Crippen LogP contribution in [0.2, 0.25) is 0 Å². The second kappa shape index (κ2) is 10.4. The molecule has 0 fully saturated rings. The average Bonchev–Trinajstić information content (AvgIpc) is 3.30. The summed E-state index contributed by atoms with van der Waals surface area (Å²) < 4.78 is 19.8. The van der Waals surface area contributed by atoms with E-state index in [0.717, 1.165) is 23.3 Å². The van der Waals surface area contributed by atoms with E-state index in [1.54, 1.807) is 17.4 Å².